The van der Waals surface area contributed by atoms with Crippen LogP contribution in [0.1, 0.15) is 11.1 Å². The van der Waals surface area contributed by atoms with Crippen molar-refractivity contribution in [1.82, 2.24) is 0 Å². The number of nitrogens with zero attached hydrogens (tertiary/aromatic N) is 1. The van der Waals surface area contributed by atoms with Gasteiger partial charge in [0.25, 0.3) is 0 Å². The number of hydrogen-bond donors (Lipinski definition) is 0. The average molecular weight is 211 g/mol. The maximum Gasteiger partial charge on any atom is 0.141 e. The second-order valence-electron chi connectivity index (χ2n) is 3.59. The van der Waals surface area contributed by atoms with Crippen molar-refractivity contribution in [3.05, 3.63) is 59.4 Å². The second kappa shape index (κ2) is 4.16. The number of aryl methyl sites for hydroxylation is 1. The molecule has 0 saturated heterocycles. The Morgan fingerprint density at radius 1 is 1.00 bits per heavy atom. The lowest BCUT2D eigenvalue weighted by atomic mass is 9.96. The molecule has 0 atom stereocenters. The summed E-state index contributed by atoms with van der Waals surface area (Å²) < 4.78 is 13.4. The van der Waals surface area contributed by atoms with Crippen molar-refractivity contribution >= 4 is 0 Å². The fraction of sp³-hybridized carbons (Fsp3) is 0.0714. The van der Waals surface area contributed by atoms with E-state index in [0.29, 0.717) is 5.56 Å². The molecule has 1 nitrogen and oxygen atoms in total. The quantitative estimate of drug-likeness (QED) is 0.706. The van der Waals surface area contributed by atoms with Gasteiger partial charge in [0.15, 0.2) is 0 Å². The molecule has 2 aromatic carbocycles. The van der Waals surface area contributed by atoms with Crippen LogP contribution in [0.4, 0.5) is 4.39 Å². The van der Waals surface area contributed by atoms with E-state index in [0.717, 1.165) is 11.1 Å². The minimum atomic E-state index is -0.469. The lowest BCUT2D eigenvalue weighted by Gasteiger charge is -2.07. The van der Waals surface area contributed by atoms with Crippen molar-refractivity contribution in [2.45, 2.75) is 6.92 Å². The Balaban J connectivity index is 2.71. The SMILES string of the molecule is Cc1ccccc1-c1cccc(F)c1C#N. The van der Waals surface area contributed by atoms with Crippen molar-refractivity contribution < 1.29 is 4.39 Å². The van der Waals surface area contributed by atoms with Gasteiger partial charge in [0, 0.05) is 5.56 Å². The first kappa shape index (κ1) is 10.4. The molecule has 0 aliphatic heterocycles. The summed E-state index contributed by atoms with van der Waals surface area (Å²) in [6, 6.07) is 14.3. The summed E-state index contributed by atoms with van der Waals surface area (Å²) in [6.07, 6.45) is 0. The van der Waals surface area contributed by atoms with Gasteiger partial charge in [-0.05, 0) is 24.1 Å². The molecule has 0 bridgehead atoms. The third-order valence-electron chi connectivity index (χ3n) is 2.56. The molecule has 0 amide bonds. The number of hydrogen-bond acceptors (Lipinski definition) is 1. The van der Waals surface area contributed by atoms with Crippen LogP contribution < -0.4 is 0 Å². The number of rotatable bonds is 1. The van der Waals surface area contributed by atoms with E-state index in [4.69, 9.17) is 5.26 Å². The Kier molecular flexibility index (Phi) is 2.70. The largest absolute Gasteiger partial charge is 0.206 e. The van der Waals surface area contributed by atoms with E-state index in [1.165, 1.54) is 6.07 Å². The molecule has 0 saturated carbocycles. The molecule has 16 heavy (non-hydrogen) atoms. The maximum atomic E-state index is 13.4. The lowest BCUT2D eigenvalue weighted by Crippen LogP contribution is -1.90. The zero-order chi connectivity index (χ0) is 11.5. The van der Waals surface area contributed by atoms with Crippen LogP contribution in [0.2, 0.25) is 0 Å². The van der Waals surface area contributed by atoms with Gasteiger partial charge in [-0.25, -0.2) is 4.39 Å². The Morgan fingerprint density at radius 3 is 2.38 bits per heavy atom. The van der Waals surface area contributed by atoms with E-state index >= 15 is 0 Å². The molecule has 0 aromatic heterocycles. The number of benzene rings is 2. The van der Waals surface area contributed by atoms with Crippen molar-refractivity contribution in [2.75, 3.05) is 0 Å². The normalized spacial score (nSPS) is 9.81. The first-order valence-electron chi connectivity index (χ1n) is 4.98. The highest BCUT2D eigenvalue weighted by atomic mass is 19.1. The van der Waals surface area contributed by atoms with Crippen LogP contribution in [0.25, 0.3) is 11.1 Å². The van der Waals surface area contributed by atoms with Gasteiger partial charge >= 0.3 is 0 Å². The third-order valence-corrected chi connectivity index (χ3v) is 2.56. The van der Waals surface area contributed by atoms with Crippen molar-refractivity contribution in [3.8, 4) is 17.2 Å². The zero-order valence-corrected chi connectivity index (χ0v) is 8.87. The van der Waals surface area contributed by atoms with Gasteiger partial charge in [0.1, 0.15) is 11.9 Å². The summed E-state index contributed by atoms with van der Waals surface area (Å²) in [5.41, 5.74) is 2.69. The zero-order valence-electron chi connectivity index (χ0n) is 8.87. The third kappa shape index (κ3) is 1.68. The summed E-state index contributed by atoms with van der Waals surface area (Å²) in [5.74, 6) is -0.469. The molecule has 2 heteroatoms. The van der Waals surface area contributed by atoms with E-state index in [1.807, 2.05) is 37.3 Å². The average Bonchev–Trinajstić information content (AvgIpc) is 2.29. The molecule has 0 aliphatic carbocycles. The molecule has 2 rings (SSSR count). The molecular weight excluding hydrogens is 201 g/mol. The monoisotopic (exact) mass is 211 g/mol. The van der Waals surface area contributed by atoms with Gasteiger partial charge in [-0.3, -0.25) is 0 Å². The summed E-state index contributed by atoms with van der Waals surface area (Å²) >= 11 is 0. The molecule has 0 heterocycles. The van der Waals surface area contributed by atoms with Crippen LogP contribution in [0, 0.1) is 24.1 Å². The predicted molar refractivity (Wildman–Crippen MR) is 61.3 cm³/mol. The molecule has 2 aromatic rings. The van der Waals surface area contributed by atoms with E-state index in [1.54, 1.807) is 12.1 Å². The Bertz CT molecular complexity index is 567. The summed E-state index contributed by atoms with van der Waals surface area (Å²) in [6.45, 7) is 1.95. The van der Waals surface area contributed by atoms with Crippen LogP contribution in [0.5, 0.6) is 0 Å². The first-order chi connectivity index (χ1) is 7.74. The minimum absolute atomic E-state index is 0.108. The molecule has 0 unspecified atom stereocenters. The van der Waals surface area contributed by atoms with Gasteiger partial charge in [0.2, 0.25) is 0 Å². The van der Waals surface area contributed by atoms with E-state index in [2.05, 4.69) is 0 Å². The Morgan fingerprint density at radius 2 is 1.69 bits per heavy atom. The van der Waals surface area contributed by atoms with Gasteiger partial charge < -0.3 is 0 Å². The van der Waals surface area contributed by atoms with Crippen LogP contribution in [0.3, 0.4) is 0 Å². The molecule has 0 aliphatic rings. The molecule has 0 radical (unpaired) electrons. The van der Waals surface area contributed by atoms with E-state index < -0.39 is 5.82 Å². The Hall–Kier alpha value is -2.14. The topological polar surface area (TPSA) is 23.8 Å². The molecule has 0 spiro atoms. The standard InChI is InChI=1S/C14H10FN/c1-10-5-2-3-6-11(10)12-7-4-8-14(15)13(12)9-16/h2-8H,1H3. The van der Waals surface area contributed by atoms with E-state index in [-0.39, 0.29) is 5.56 Å². The highest BCUT2D eigenvalue weighted by Crippen LogP contribution is 2.27. The van der Waals surface area contributed by atoms with Crippen LogP contribution >= 0.6 is 0 Å². The van der Waals surface area contributed by atoms with Gasteiger partial charge in [-0.1, -0.05) is 36.4 Å². The fourth-order valence-corrected chi connectivity index (χ4v) is 1.74. The van der Waals surface area contributed by atoms with Crippen LogP contribution in [-0.2, 0) is 0 Å². The van der Waals surface area contributed by atoms with Gasteiger partial charge in [-0.2, -0.15) is 5.26 Å². The number of nitriles is 1. The van der Waals surface area contributed by atoms with Gasteiger partial charge in [0.05, 0.1) is 5.56 Å². The molecule has 0 N–H and O–H groups in total. The second-order valence-corrected chi connectivity index (χ2v) is 3.59. The molecular formula is C14H10FN. The highest BCUT2D eigenvalue weighted by molar-refractivity contribution is 5.73. The van der Waals surface area contributed by atoms with Crippen molar-refractivity contribution in [2.24, 2.45) is 0 Å². The minimum Gasteiger partial charge on any atom is -0.206 e. The van der Waals surface area contributed by atoms with Crippen LogP contribution in [0.15, 0.2) is 42.5 Å². The maximum absolute atomic E-state index is 13.4. The first-order valence-corrected chi connectivity index (χ1v) is 4.98. The Labute approximate surface area is 93.8 Å². The molecule has 78 valence electrons. The summed E-state index contributed by atoms with van der Waals surface area (Å²) in [7, 11) is 0. The fourth-order valence-electron chi connectivity index (χ4n) is 1.74. The smallest absolute Gasteiger partial charge is 0.141 e. The van der Waals surface area contributed by atoms with Gasteiger partial charge in [-0.15, -0.1) is 0 Å². The van der Waals surface area contributed by atoms with Crippen molar-refractivity contribution in [3.63, 3.8) is 0 Å². The number of halogens is 1. The predicted octanol–water partition coefficient (Wildman–Crippen LogP) is 3.67. The van der Waals surface area contributed by atoms with Crippen molar-refractivity contribution in [1.29, 1.82) is 5.26 Å². The summed E-state index contributed by atoms with van der Waals surface area (Å²) in [5, 5.41) is 8.96. The molecule has 0 fully saturated rings. The van der Waals surface area contributed by atoms with E-state index in [9.17, 15) is 4.39 Å². The van der Waals surface area contributed by atoms with Crippen LogP contribution in [-0.4, -0.2) is 0 Å². The lowest BCUT2D eigenvalue weighted by molar-refractivity contribution is 0.624. The highest BCUT2D eigenvalue weighted by Gasteiger charge is 2.10. The summed E-state index contributed by atoms with van der Waals surface area (Å²) in [4.78, 5) is 0.